The van der Waals surface area contributed by atoms with E-state index < -0.39 is 0 Å². The second kappa shape index (κ2) is 5.62. The average Bonchev–Trinajstić information content (AvgIpc) is 2.54. The molecule has 0 saturated heterocycles. The third-order valence-electron chi connectivity index (χ3n) is 3.91. The number of rotatable bonds is 3. The quantitative estimate of drug-likeness (QED) is 0.726. The first-order chi connectivity index (χ1) is 10.1. The Bertz CT molecular complexity index is 748. The SMILES string of the molecule is C[C@@H](c1ccc(-c2cnc3ccccc3n2)cc1)N(C)C. The molecule has 1 heterocycles. The second-order valence-corrected chi connectivity index (χ2v) is 5.51. The van der Waals surface area contributed by atoms with E-state index in [9.17, 15) is 0 Å². The van der Waals surface area contributed by atoms with Crippen LogP contribution in [0, 0.1) is 0 Å². The molecule has 3 aromatic rings. The molecule has 3 nitrogen and oxygen atoms in total. The van der Waals surface area contributed by atoms with Crippen LogP contribution in [0.25, 0.3) is 22.3 Å². The van der Waals surface area contributed by atoms with Crippen LogP contribution in [0.2, 0.25) is 0 Å². The summed E-state index contributed by atoms with van der Waals surface area (Å²) in [6.45, 7) is 2.20. The van der Waals surface area contributed by atoms with Crippen LogP contribution in [0.5, 0.6) is 0 Å². The summed E-state index contributed by atoms with van der Waals surface area (Å²) >= 11 is 0. The first-order valence-electron chi connectivity index (χ1n) is 7.14. The number of aromatic nitrogens is 2. The molecule has 0 amide bonds. The molecule has 3 rings (SSSR count). The largest absolute Gasteiger partial charge is 0.303 e. The van der Waals surface area contributed by atoms with E-state index in [1.807, 2.05) is 30.5 Å². The van der Waals surface area contributed by atoms with Gasteiger partial charge in [0.05, 0.1) is 22.9 Å². The van der Waals surface area contributed by atoms with Crippen LogP contribution >= 0.6 is 0 Å². The van der Waals surface area contributed by atoms with Gasteiger partial charge in [-0.1, -0.05) is 36.4 Å². The van der Waals surface area contributed by atoms with Gasteiger partial charge in [0.15, 0.2) is 0 Å². The van der Waals surface area contributed by atoms with Crippen LogP contribution in [0.15, 0.2) is 54.7 Å². The van der Waals surface area contributed by atoms with E-state index >= 15 is 0 Å². The lowest BCUT2D eigenvalue weighted by molar-refractivity contribution is 0.321. The fourth-order valence-electron chi connectivity index (χ4n) is 2.33. The molecular formula is C18H19N3. The minimum Gasteiger partial charge on any atom is -0.303 e. The van der Waals surface area contributed by atoms with Crippen LogP contribution in [0.3, 0.4) is 0 Å². The maximum atomic E-state index is 4.68. The molecule has 0 unspecified atom stereocenters. The summed E-state index contributed by atoms with van der Waals surface area (Å²) in [6, 6.07) is 16.9. The second-order valence-electron chi connectivity index (χ2n) is 5.51. The van der Waals surface area contributed by atoms with Gasteiger partial charge in [-0.2, -0.15) is 0 Å². The molecular weight excluding hydrogens is 258 g/mol. The summed E-state index contributed by atoms with van der Waals surface area (Å²) in [4.78, 5) is 11.4. The molecule has 0 bridgehead atoms. The van der Waals surface area contributed by atoms with Crippen molar-refractivity contribution in [2.24, 2.45) is 0 Å². The molecule has 0 aliphatic heterocycles. The summed E-state index contributed by atoms with van der Waals surface area (Å²) < 4.78 is 0. The van der Waals surface area contributed by atoms with Gasteiger partial charge in [-0.05, 0) is 38.7 Å². The van der Waals surface area contributed by atoms with Gasteiger partial charge in [0.25, 0.3) is 0 Å². The van der Waals surface area contributed by atoms with Crippen molar-refractivity contribution in [2.45, 2.75) is 13.0 Å². The van der Waals surface area contributed by atoms with Crippen molar-refractivity contribution < 1.29 is 0 Å². The van der Waals surface area contributed by atoms with Crippen molar-refractivity contribution in [1.82, 2.24) is 14.9 Å². The molecule has 0 spiro atoms. The third kappa shape index (κ3) is 2.78. The topological polar surface area (TPSA) is 29.0 Å². The highest BCUT2D eigenvalue weighted by Gasteiger charge is 2.08. The van der Waals surface area contributed by atoms with Crippen LogP contribution in [0.1, 0.15) is 18.5 Å². The van der Waals surface area contributed by atoms with Crippen molar-refractivity contribution >= 4 is 11.0 Å². The molecule has 0 aliphatic carbocycles. The van der Waals surface area contributed by atoms with Crippen molar-refractivity contribution in [3.63, 3.8) is 0 Å². The Morgan fingerprint density at radius 3 is 2.24 bits per heavy atom. The van der Waals surface area contributed by atoms with E-state index in [0.29, 0.717) is 6.04 Å². The smallest absolute Gasteiger partial charge is 0.0894 e. The van der Waals surface area contributed by atoms with Gasteiger partial charge in [-0.25, -0.2) is 4.98 Å². The number of hydrogen-bond acceptors (Lipinski definition) is 3. The van der Waals surface area contributed by atoms with Gasteiger partial charge in [0.1, 0.15) is 0 Å². The Labute approximate surface area is 125 Å². The van der Waals surface area contributed by atoms with E-state index in [1.54, 1.807) is 0 Å². The molecule has 0 fully saturated rings. The molecule has 0 N–H and O–H groups in total. The highest BCUT2D eigenvalue weighted by atomic mass is 15.1. The molecule has 0 radical (unpaired) electrons. The lowest BCUT2D eigenvalue weighted by Crippen LogP contribution is -2.16. The number of fused-ring (bicyclic) bond motifs is 1. The van der Waals surface area contributed by atoms with E-state index in [1.165, 1.54) is 5.56 Å². The molecule has 3 heteroatoms. The Kier molecular flexibility index (Phi) is 3.67. The van der Waals surface area contributed by atoms with Gasteiger partial charge in [-0.3, -0.25) is 4.98 Å². The lowest BCUT2D eigenvalue weighted by atomic mass is 10.0. The molecule has 21 heavy (non-hydrogen) atoms. The van der Waals surface area contributed by atoms with E-state index in [0.717, 1.165) is 22.3 Å². The normalized spacial score (nSPS) is 12.8. The first kappa shape index (κ1) is 13.7. The van der Waals surface area contributed by atoms with Gasteiger partial charge < -0.3 is 4.90 Å². The van der Waals surface area contributed by atoms with Crippen molar-refractivity contribution in [3.8, 4) is 11.3 Å². The number of hydrogen-bond donors (Lipinski definition) is 0. The number of para-hydroxylation sites is 2. The number of nitrogens with zero attached hydrogens (tertiary/aromatic N) is 3. The van der Waals surface area contributed by atoms with Crippen molar-refractivity contribution in [3.05, 3.63) is 60.3 Å². The predicted molar refractivity (Wildman–Crippen MR) is 87.1 cm³/mol. The minimum absolute atomic E-state index is 0.404. The van der Waals surface area contributed by atoms with Gasteiger partial charge >= 0.3 is 0 Å². The van der Waals surface area contributed by atoms with Crippen LogP contribution in [-0.4, -0.2) is 29.0 Å². The highest BCUT2D eigenvalue weighted by molar-refractivity contribution is 5.76. The van der Waals surface area contributed by atoms with Crippen molar-refractivity contribution in [1.29, 1.82) is 0 Å². The Morgan fingerprint density at radius 2 is 1.57 bits per heavy atom. The van der Waals surface area contributed by atoms with Crippen LogP contribution < -0.4 is 0 Å². The summed E-state index contributed by atoms with van der Waals surface area (Å²) in [5.74, 6) is 0. The predicted octanol–water partition coefficient (Wildman–Crippen LogP) is 3.92. The van der Waals surface area contributed by atoms with E-state index in [2.05, 4.69) is 60.2 Å². The number of benzene rings is 2. The Balaban J connectivity index is 1.95. The fraction of sp³-hybridized carbons (Fsp3) is 0.222. The van der Waals surface area contributed by atoms with Gasteiger partial charge in [0.2, 0.25) is 0 Å². The Hall–Kier alpha value is -2.26. The van der Waals surface area contributed by atoms with Crippen LogP contribution in [-0.2, 0) is 0 Å². The molecule has 1 aromatic heterocycles. The lowest BCUT2D eigenvalue weighted by Gasteiger charge is -2.20. The summed E-state index contributed by atoms with van der Waals surface area (Å²) in [5, 5.41) is 0. The molecule has 0 saturated carbocycles. The molecule has 1 atom stereocenters. The zero-order valence-corrected chi connectivity index (χ0v) is 12.6. The average molecular weight is 277 g/mol. The van der Waals surface area contributed by atoms with E-state index in [4.69, 9.17) is 0 Å². The minimum atomic E-state index is 0.404. The summed E-state index contributed by atoms with van der Waals surface area (Å²) in [7, 11) is 4.18. The zero-order chi connectivity index (χ0) is 14.8. The van der Waals surface area contributed by atoms with Gasteiger partial charge in [0, 0.05) is 11.6 Å². The van der Waals surface area contributed by atoms with Crippen molar-refractivity contribution in [2.75, 3.05) is 14.1 Å². The van der Waals surface area contributed by atoms with E-state index in [-0.39, 0.29) is 0 Å². The third-order valence-corrected chi connectivity index (χ3v) is 3.91. The standard InChI is InChI=1S/C18H19N3/c1-13(21(2)3)14-8-10-15(11-9-14)18-12-19-16-6-4-5-7-17(16)20-18/h4-13H,1-3H3/t13-/m0/s1. The maximum Gasteiger partial charge on any atom is 0.0894 e. The van der Waals surface area contributed by atoms with Gasteiger partial charge in [-0.15, -0.1) is 0 Å². The Morgan fingerprint density at radius 1 is 0.905 bits per heavy atom. The fourth-order valence-corrected chi connectivity index (χ4v) is 2.33. The maximum absolute atomic E-state index is 4.68. The monoisotopic (exact) mass is 277 g/mol. The zero-order valence-electron chi connectivity index (χ0n) is 12.6. The summed E-state index contributed by atoms with van der Waals surface area (Å²) in [5.41, 5.74) is 5.18. The highest BCUT2D eigenvalue weighted by Crippen LogP contribution is 2.23. The molecule has 0 aliphatic rings. The first-order valence-corrected chi connectivity index (χ1v) is 7.14. The molecule has 2 aromatic carbocycles. The van der Waals surface area contributed by atoms with Crippen LogP contribution in [0.4, 0.5) is 0 Å². The molecule has 106 valence electrons. The summed E-state index contributed by atoms with van der Waals surface area (Å²) in [6.07, 6.45) is 1.84.